The normalized spacial score (nSPS) is 10.5. The van der Waals surface area contributed by atoms with Crippen LogP contribution in [-0.4, -0.2) is 9.97 Å². The average Bonchev–Trinajstić information content (AvgIpc) is 2.31. The Morgan fingerprint density at radius 2 is 1.78 bits per heavy atom. The molecule has 0 saturated heterocycles. The fourth-order valence-electron chi connectivity index (χ4n) is 1.48. The third-order valence-electron chi connectivity index (χ3n) is 2.31. The van der Waals surface area contributed by atoms with E-state index in [9.17, 15) is 0 Å². The van der Waals surface area contributed by atoms with Gasteiger partial charge >= 0.3 is 0 Å². The van der Waals surface area contributed by atoms with E-state index in [2.05, 4.69) is 25.9 Å². The Morgan fingerprint density at radius 3 is 2.39 bits per heavy atom. The summed E-state index contributed by atoms with van der Waals surface area (Å²) in [6.45, 7) is 3.84. The lowest BCUT2D eigenvalue weighted by molar-refractivity contribution is 0.457. The second-order valence-corrected chi connectivity index (χ2v) is 5.34. The largest absolute Gasteiger partial charge is 0.438 e. The summed E-state index contributed by atoms with van der Waals surface area (Å²) < 4.78 is 6.30. The zero-order chi connectivity index (χ0) is 13.3. The van der Waals surface area contributed by atoms with Gasteiger partial charge in [0, 0.05) is 11.2 Å². The molecule has 0 N–H and O–H groups in total. The van der Waals surface area contributed by atoms with Crippen LogP contribution in [0, 0.1) is 13.8 Å². The van der Waals surface area contributed by atoms with Gasteiger partial charge in [0.1, 0.15) is 5.75 Å². The van der Waals surface area contributed by atoms with Gasteiger partial charge in [-0.25, -0.2) is 4.98 Å². The highest BCUT2D eigenvalue weighted by molar-refractivity contribution is 9.10. The van der Waals surface area contributed by atoms with Crippen LogP contribution in [0.5, 0.6) is 11.6 Å². The third kappa shape index (κ3) is 2.94. The molecule has 0 unspecified atom stereocenters. The molecular weight excluding hydrogens is 339 g/mol. The molecule has 0 fully saturated rings. The molecule has 0 radical (unpaired) electrons. The van der Waals surface area contributed by atoms with Crippen molar-refractivity contribution in [2.24, 2.45) is 0 Å². The van der Waals surface area contributed by atoms with Gasteiger partial charge in [-0.15, -0.1) is 0 Å². The van der Waals surface area contributed by atoms with Crippen LogP contribution in [0.2, 0.25) is 10.3 Å². The quantitative estimate of drug-likeness (QED) is 0.720. The van der Waals surface area contributed by atoms with Crippen LogP contribution in [0.15, 0.2) is 22.8 Å². The summed E-state index contributed by atoms with van der Waals surface area (Å²) in [5.41, 5.74) is 1.89. The Bertz CT molecular complexity index is 582. The number of aromatic nitrogens is 2. The van der Waals surface area contributed by atoms with Gasteiger partial charge < -0.3 is 4.74 Å². The fourth-order valence-corrected chi connectivity index (χ4v) is 1.99. The molecule has 1 aromatic carbocycles. The first-order valence-electron chi connectivity index (χ1n) is 5.10. The Hall–Kier alpha value is -0.840. The SMILES string of the molecule is Cc1cc(Oc2nc(Cl)ncc2Br)cc(C)c1Cl. The van der Waals surface area contributed by atoms with Crippen molar-refractivity contribution in [3.05, 3.63) is 44.2 Å². The number of hydrogen-bond donors (Lipinski definition) is 0. The molecule has 0 atom stereocenters. The van der Waals surface area contributed by atoms with Crippen molar-refractivity contribution in [3.63, 3.8) is 0 Å². The molecular formula is C12H9BrCl2N2O. The first-order valence-corrected chi connectivity index (χ1v) is 6.65. The molecule has 1 heterocycles. The predicted octanol–water partition coefficient (Wildman–Crippen LogP) is 4.96. The minimum absolute atomic E-state index is 0.135. The molecule has 0 amide bonds. The summed E-state index contributed by atoms with van der Waals surface area (Å²) in [5.74, 6) is 1.03. The summed E-state index contributed by atoms with van der Waals surface area (Å²) in [6, 6.07) is 3.69. The van der Waals surface area contributed by atoms with Crippen LogP contribution in [0.3, 0.4) is 0 Å². The summed E-state index contributed by atoms with van der Waals surface area (Å²) >= 11 is 15.1. The van der Waals surface area contributed by atoms with E-state index in [-0.39, 0.29) is 5.28 Å². The average molecular weight is 348 g/mol. The first kappa shape index (κ1) is 13.6. The standard InChI is InChI=1S/C12H9BrCl2N2O/c1-6-3-8(4-7(2)10(6)14)18-11-9(13)5-16-12(15)17-11/h3-5H,1-2H3. The van der Waals surface area contributed by atoms with Crippen molar-refractivity contribution < 1.29 is 4.74 Å². The van der Waals surface area contributed by atoms with Gasteiger partial charge in [-0.05, 0) is 64.6 Å². The predicted molar refractivity (Wildman–Crippen MR) is 75.7 cm³/mol. The summed E-state index contributed by atoms with van der Waals surface area (Å²) in [5, 5.41) is 0.873. The lowest BCUT2D eigenvalue weighted by Gasteiger charge is -2.09. The van der Waals surface area contributed by atoms with Gasteiger partial charge in [-0.1, -0.05) is 11.6 Å². The van der Waals surface area contributed by atoms with E-state index in [1.807, 2.05) is 26.0 Å². The minimum Gasteiger partial charge on any atom is -0.438 e. The van der Waals surface area contributed by atoms with Crippen molar-refractivity contribution >= 4 is 39.1 Å². The molecule has 1 aromatic heterocycles. The topological polar surface area (TPSA) is 35.0 Å². The molecule has 0 aliphatic rings. The molecule has 0 bridgehead atoms. The van der Waals surface area contributed by atoms with E-state index < -0.39 is 0 Å². The van der Waals surface area contributed by atoms with Gasteiger partial charge in [0.05, 0.1) is 4.47 Å². The van der Waals surface area contributed by atoms with Crippen molar-refractivity contribution in [2.45, 2.75) is 13.8 Å². The highest BCUT2D eigenvalue weighted by Crippen LogP contribution is 2.31. The first-order chi connectivity index (χ1) is 8.47. The van der Waals surface area contributed by atoms with Gasteiger partial charge in [0.15, 0.2) is 0 Å². The molecule has 2 rings (SSSR count). The van der Waals surface area contributed by atoms with Crippen molar-refractivity contribution in [1.29, 1.82) is 0 Å². The van der Waals surface area contributed by atoms with E-state index in [0.29, 0.717) is 16.1 Å². The Balaban J connectivity index is 2.37. The van der Waals surface area contributed by atoms with Crippen LogP contribution >= 0.6 is 39.1 Å². The lowest BCUT2D eigenvalue weighted by Crippen LogP contribution is -1.93. The van der Waals surface area contributed by atoms with E-state index >= 15 is 0 Å². The maximum absolute atomic E-state index is 6.10. The van der Waals surface area contributed by atoms with Crippen molar-refractivity contribution in [1.82, 2.24) is 9.97 Å². The lowest BCUT2D eigenvalue weighted by atomic mass is 10.1. The van der Waals surface area contributed by atoms with E-state index in [1.54, 1.807) is 6.20 Å². The number of nitrogens with zero attached hydrogens (tertiary/aromatic N) is 2. The van der Waals surface area contributed by atoms with Crippen LogP contribution < -0.4 is 4.74 Å². The number of benzene rings is 1. The van der Waals surface area contributed by atoms with Crippen LogP contribution in [0.4, 0.5) is 0 Å². The third-order valence-corrected chi connectivity index (χ3v) is 3.63. The van der Waals surface area contributed by atoms with Gasteiger partial charge in [0.25, 0.3) is 0 Å². The molecule has 94 valence electrons. The molecule has 0 aliphatic carbocycles. The summed E-state index contributed by atoms with van der Waals surface area (Å²) in [7, 11) is 0. The highest BCUT2D eigenvalue weighted by Gasteiger charge is 2.09. The molecule has 18 heavy (non-hydrogen) atoms. The second kappa shape index (κ2) is 5.43. The molecule has 2 aromatic rings. The van der Waals surface area contributed by atoms with E-state index in [1.165, 1.54) is 0 Å². The number of rotatable bonds is 2. The Labute approximate surface area is 123 Å². The maximum Gasteiger partial charge on any atom is 0.237 e. The Morgan fingerprint density at radius 1 is 1.17 bits per heavy atom. The second-order valence-electron chi connectivity index (χ2n) is 3.77. The smallest absolute Gasteiger partial charge is 0.237 e. The summed E-state index contributed by atoms with van der Waals surface area (Å²) in [6.07, 6.45) is 1.54. The minimum atomic E-state index is 0.135. The number of aryl methyl sites for hydroxylation is 2. The molecule has 0 aliphatic heterocycles. The molecule has 0 spiro atoms. The van der Waals surface area contributed by atoms with E-state index in [0.717, 1.165) is 16.1 Å². The van der Waals surface area contributed by atoms with Crippen molar-refractivity contribution in [3.8, 4) is 11.6 Å². The maximum atomic E-state index is 6.10. The monoisotopic (exact) mass is 346 g/mol. The number of halogens is 3. The number of hydrogen-bond acceptors (Lipinski definition) is 3. The fraction of sp³-hybridized carbons (Fsp3) is 0.167. The van der Waals surface area contributed by atoms with Gasteiger partial charge in [0.2, 0.25) is 11.2 Å². The zero-order valence-corrected chi connectivity index (χ0v) is 12.8. The van der Waals surface area contributed by atoms with Gasteiger partial charge in [-0.3, -0.25) is 0 Å². The molecule has 6 heteroatoms. The highest BCUT2D eigenvalue weighted by atomic mass is 79.9. The van der Waals surface area contributed by atoms with E-state index in [4.69, 9.17) is 27.9 Å². The molecule has 3 nitrogen and oxygen atoms in total. The molecule has 0 saturated carbocycles. The number of ether oxygens (including phenoxy) is 1. The Kier molecular flexibility index (Phi) is 4.10. The van der Waals surface area contributed by atoms with Crippen LogP contribution in [0.25, 0.3) is 0 Å². The van der Waals surface area contributed by atoms with Crippen LogP contribution in [-0.2, 0) is 0 Å². The van der Waals surface area contributed by atoms with Crippen LogP contribution in [0.1, 0.15) is 11.1 Å². The van der Waals surface area contributed by atoms with Crippen molar-refractivity contribution in [2.75, 3.05) is 0 Å². The summed E-state index contributed by atoms with van der Waals surface area (Å²) in [4.78, 5) is 7.84. The van der Waals surface area contributed by atoms with Gasteiger partial charge in [-0.2, -0.15) is 4.98 Å². The zero-order valence-electron chi connectivity index (χ0n) is 9.67.